The number of rotatable bonds is 1. The summed E-state index contributed by atoms with van der Waals surface area (Å²) >= 11 is 6.42. The molecule has 1 aliphatic carbocycles. The van der Waals surface area contributed by atoms with E-state index in [-0.39, 0.29) is 23.6 Å². The Balaban J connectivity index is 2.07. The number of Topliss-reactive ketones (excluding diaryl/α,β-unsaturated/α-hetero) is 1. The van der Waals surface area contributed by atoms with Crippen LogP contribution in [-0.2, 0) is 15.0 Å². The van der Waals surface area contributed by atoms with Gasteiger partial charge < -0.3 is 5.32 Å². The molecule has 1 heterocycles. The molecule has 0 bridgehead atoms. The van der Waals surface area contributed by atoms with Gasteiger partial charge in [0, 0.05) is 35.0 Å². The Labute approximate surface area is 161 Å². The minimum atomic E-state index is -1.76. The van der Waals surface area contributed by atoms with Crippen LogP contribution in [0.15, 0.2) is 48.5 Å². The average Bonchev–Trinajstić information content (AvgIpc) is 2.96. The Morgan fingerprint density at radius 3 is 2.41 bits per heavy atom. The zero-order valence-corrected chi connectivity index (χ0v) is 15.0. The fourth-order valence-corrected chi connectivity index (χ4v) is 4.90. The molecular formula is C21H14ClN3O2. The largest absolute Gasteiger partial charge is 0.325 e. The molecular weight excluding hydrogens is 362 g/mol. The molecule has 1 spiro atoms. The highest BCUT2D eigenvalue weighted by Gasteiger charge is 2.69. The van der Waals surface area contributed by atoms with Gasteiger partial charge in [0.2, 0.25) is 5.91 Å². The third-order valence-corrected chi connectivity index (χ3v) is 6.04. The first-order chi connectivity index (χ1) is 13.0. The van der Waals surface area contributed by atoms with E-state index in [1.54, 1.807) is 42.5 Å². The van der Waals surface area contributed by atoms with Gasteiger partial charge in [-0.1, -0.05) is 48.0 Å². The normalized spacial score (nSPS) is 25.4. The predicted molar refractivity (Wildman–Crippen MR) is 98.8 cm³/mol. The highest BCUT2D eigenvalue weighted by molar-refractivity contribution is 6.33. The van der Waals surface area contributed by atoms with E-state index in [1.165, 1.54) is 0 Å². The number of ketones is 1. The minimum absolute atomic E-state index is 0.0277. The van der Waals surface area contributed by atoms with Crippen LogP contribution in [0.1, 0.15) is 29.9 Å². The van der Waals surface area contributed by atoms with E-state index >= 15 is 0 Å². The molecule has 27 heavy (non-hydrogen) atoms. The lowest BCUT2D eigenvalue weighted by atomic mass is 9.49. The van der Waals surface area contributed by atoms with Gasteiger partial charge in [-0.3, -0.25) is 9.59 Å². The van der Waals surface area contributed by atoms with E-state index in [1.807, 2.05) is 6.07 Å². The number of carbonyl (C=O) groups is 2. The van der Waals surface area contributed by atoms with E-state index in [0.29, 0.717) is 16.8 Å². The van der Waals surface area contributed by atoms with Crippen LogP contribution < -0.4 is 5.32 Å². The van der Waals surface area contributed by atoms with Crippen molar-refractivity contribution in [3.8, 4) is 12.1 Å². The molecule has 1 aliphatic heterocycles. The van der Waals surface area contributed by atoms with Crippen molar-refractivity contribution in [2.45, 2.75) is 24.2 Å². The van der Waals surface area contributed by atoms with Crippen molar-refractivity contribution >= 4 is 29.0 Å². The van der Waals surface area contributed by atoms with Crippen molar-refractivity contribution in [1.82, 2.24) is 0 Å². The molecule has 2 aromatic carbocycles. The van der Waals surface area contributed by atoms with Crippen LogP contribution in [0.3, 0.4) is 0 Å². The van der Waals surface area contributed by atoms with Crippen molar-refractivity contribution in [3.63, 3.8) is 0 Å². The van der Waals surface area contributed by atoms with Crippen LogP contribution in [-0.4, -0.2) is 11.7 Å². The second-order valence-corrected chi connectivity index (χ2v) is 7.34. The van der Waals surface area contributed by atoms with Crippen molar-refractivity contribution in [3.05, 3.63) is 64.7 Å². The number of nitrogens with zero attached hydrogens (tertiary/aromatic N) is 2. The molecule has 1 saturated carbocycles. The summed E-state index contributed by atoms with van der Waals surface area (Å²) in [6, 6.07) is 18.2. The number of carbonyl (C=O) groups excluding carboxylic acids is 2. The molecule has 5 nitrogen and oxygen atoms in total. The van der Waals surface area contributed by atoms with Crippen molar-refractivity contribution < 1.29 is 9.59 Å². The van der Waals surface area contributed by atoms with Gasteiger partial charge in [-0.2, -0.15) is 10.5 Å². The number of halogens is 1. The Morgan fingerprint density at radius 2 is 1.74 bits per heavy atom. The first-order valence-electron chi connectivity index (χ1n) is 8.50. The standard InChI is InChI=1S/C21H14ClN3O2/c22-16-7-4-8-17-18(16)21(19(27)25-17)10-14(26)9-15(20(21,11-23)12-24)13-5-2-1-3-6-13/h1-8,15H,9-10H2,(H,25,27)/t15-,21+/m1/s1. The maximum atomic E-state index is 13.2. The van der Waals surface area contributed by atoms with Crippen LogP contribution in [0.5, 0.6) is 0 Å². The van der Waals surface area contributed by atoms with Gasteiger partial charge in [0.05, 0.1) is 12.1 Å². The van der Waals surface area contributed by atoms with E-state index < -0.39 is 22.7 Å². The zero-order valence-electron chi connectivity index (χ0n) is 14.2. The molecule has 0 saturated heterocycles. The number of benzene rings is 2. The summed E-state index contributed by atoms with van der Waals surface area (Å²) in [6.45, 7) is 0. The van der Waals surface area contributed by atoms with Crippen LogP contribution in [0, 0.1) is 28.1 Å². The first-order valence-corrected chi connectivity index (χ1v) is 8.87. The van der Waals surface area contributed by atoms with E-state index in [4.69, 9.17) is 11.6 Å². The maximum Gasteiger partial charge on any atom is 0.238 e. The maximum absolute atomic E-state index is 13.2. The van der Waals surface area contributed by atoms with Crippen LogP contribution >= 0.6 is 11.6 Å². The second kappa shape index (κ2) is 5.94. The highest BCUT2D eigenvalue weighted by Crippen LogP contribution is 2.62. The Hall–Kier alpha value is -3.15. The van der Waals surface area contributed by atoms with E-state index in [0.717, 1.165) is 0 Å². The number of fused-ring (bicyclic) bond motifs is 2. The molecule has 4 rings (SSSR count). The molecule has 2 atom stereocenters. The van der Waals surface area contributed by atoms with E-state index in [2.05, 4.69) is 17.5 Å². The smallest absolute Gasteiger partial charge is 0.238 e. The zero-order chi connectivity index (χ0) is 19.2. The summed E-state index contributed by atoms with van der Waals surface area (Å²) in [6.07, 6.45) is -0.194. The van der Waals surface area contributed by atoms with Gasteiger partial charge in [0.15, 0.2) is 5.41 Å². The summed E-state index contributed by atoms with van der Waals surface area (Å²) in [5.74, 6) is -1.43. The van der Waals surface area contributed by atoms with Crippen molar-refractivity contribution in [2.75, 3.05) is 5.32 Å². The van der Waals surface area contributed by atoms with E-state index in [9.17, 15) is 20.1 Å². The quantitative estimate of drug-likeness (QED) is 0.822. The minimum Gasteiger partial charge on any atom is -0.325 e. The molecule has 2 aromatic rings. The Kier molecular flexibility index (Phi) is 3.80. The van der Waals surface area contributed by atoms with Gasteiger partial charge >= 0.3 is 0 Å². The summed E-state index contributed by atoms with van der Waals surface area (Å²) in [7, 11) is 0. The lowest BCUT2D eigenvalue weighted by Crippen LogP contribution is -2.57. The lowest BCUT2D eigenvalue weighted by molar-refractivity contribution is -0.134. The number of nitriles is 2. The average molecular weight is 376 g/mol. The number of hydrogen-bond donors (Lipinski definition) is 1. The number of anilines is 1. The molecule has 132 valence electrons. The molecule has 0 radical (unpaired) electrons. The summed E-state index contributed by atoms with van der Waals surface area (Å²) in [4.78, 5) is 25.9. The molecule has 0 unspecified atom stereocenters. The van der Waals surface area contributed by atoms with Crippen LogP contribution in [0.4, 0.5) is 5.69 Å². The van der Waals surface area contributed by atoms with Crippen molar-refractivity contribution in [1.29, 1.82) is 10.5 Å². The monoisotopic (exact) mass is 375 g/mol. The molecule has 6 heteroatoms. The van der Waals surface area contributed by atoms with Crippen LogP contribution in [0.25, 0.3) is 0 Å². The number of nitrogens with one attached hydrogen (secondary N) is 1. The van der Waals surface area contributed by atoms with Gasteiger partial charge in [-0.15, -0.1) is 0 Å². The van der Waals surface area contributed by atoms with Gasteiger partial charge in [-0.25, -0.2) is 0 Å². The predicted octanol–water partition coefficient (Wildman–Crippen LogP) is 3.71. The fraction of sp³-hybridized carbons (Fsp3) is 0.238. The topological polar surface area (TPSA) is 93.8 Å². The summed E-state index contributed by atoms with van der Waals surface area (Å²) < 4.78 is 0. The SMILES string of the molecule is N#CC1(C#N)[C@@H](c2ccccc2)CC(=O)C[C@]12C(=O)Nc1cccc(Cl)c12. The third-order valence-electron chi connectivity index (χ3n) is 5.72. The summed E-state index contributed by atoms with van der Waals surface area (Å²) in [5.41, 5.74) is -1.90. The third kappa shape index (κ3) is 2.10. The first kappa shape index (κ1) is 17.3. The van der Waals surface area contributed by atoms with Crippen molar-refractivity contribution in [2.24, 2.45) is 5.41 Å². The molecule has 1 fully saturated rings. The fourth-order valence-electron chi connectivity index (χ4n) is 4.56. The Morgan fingerprint density at radius 1 is 1.04 bits per heavy atom. The molecule has 1 amide bonds. The van der Waals surface area contributed by atoms with Gasteiger partial charge in [-0.05, 0) is 17.7 Å². The highest BCUT2D eigenvalue weighted by atomic mass is 35.5. The number of hydrogen-bond acceptors (Lipinski definition) is 4. The second-order valence-electron chi connectivity index (χ2n) is 6.94. The lowest BCUT2D eigenvalue weighted by Gasteiger charge is -2.46. The van der Waals surface area contributed by atoms with Gasteiger partial charge in [0.25, 0.3) is 0 Å². The van der Waals surface area contributed by atoms with Gasteiger partial charge in [0.1, 0.15) is 11.2 Å². The summed E-state index contributed by atoms with van der Waals surface area (Å²) in [5, 5.41) is 23.4. The Bertz CT molecular complexity index is 1040. The molecule has 2 aliphatic rings. The molecule has 1 N–H and O–H groups in total. The number of amides is 1. The molecule has 0 aromatic heterocycles. The van der Waals surface area contributed by atoms with Crippen LogP contribution in [0.2, 0.25) is 5.02 Å².